The second-order valence-corrected chi connectivity index (χ2v) is 7.16. The van der Waals surface area contributed by atoms with Crippen LogP contribution in [0.4, 0.5) is 0 Å². The normalized spacial score (nSPS) is 20.6. The van der Waals surface area contributed by atoms with Crippen molar-refractivity contribution in [3.05, 3.63) is 54.1 Å². The number of hydrogen-bond donors (Lipinski definition) is 1. The molecule has 2 aliphatic heterocycles. The molecule has 1 saturated heterocycles. The average Bonchev–Trinajstić information content (AvgIpc) is 3.19. The van der Waals surface area contributed by atoms with Crippen LogP contribution in [0.5, 0.6) is 0 Å². The third-order valence-corrected chi connectivity index (χ3v) is 5.54. The Labute approximate surface area is 154 Å². The Hall–Kier alpha value is -1.91. The Bertz CT molecular complexity index is 790. The van der Waals surface area contributed by atoms with Crippen molar-refractivity contribution in [2.24, 2.45) is 0 Å². The lowest BCUT2D eigenvalue weighted by molar-refractivity contribution is 0.113. The van der Waals surface area contributed by atoms with Crippen molar-refractivity contribution in [1.82, 2.24) is 10.2 Å². The van der Waals surface area contributed by atoms with Gasteiger partial charge < -0.3 is 15.0 Å². The van der Waals surface area contributed by atoms with Gasteiger partial charge in [0.15, 0.2) is 5.11 Å². The number of hydrogen-bond acceptors (Lipinski definition) is 2. The largest absolute Gasteiger partial charge is 0.376 e. The molecule has 0 saturated carbocycles. The second-order valence-electron chi connectivity index (χ2n) is 6.77. The van der Waals surface area contributed by atoms with Gasteiger partial charge in [0, 0.05) is 26.2 Å². The third kappa shape index (κ3) is 3.70. The Morgan fingerprint density at radius 2 is 2.08 bits per heavy atom. The lowest BCUT2D eigenvalue weighted by atomic mass is 9.94. The topological polar surface area (TPSA) is 24.5 Å². The van der Waals surface area contributed by atoms with Gasteiger partial charge in [-0.05, 0) is 53.4 Å². The van der Waals surface area contributed by atoms with Gasteiger partial charge >= 0.3 is 0 Å². The van der Waals surface area contributed by atoms with Crippen LogP contribution < -0.4 is 5.32 Å². The van der Waals surface area contributed by atoms with Crippen molar-refractivity contribution < 1.29 is 4.74 Å². The number of thiocarbonyl (C=S) groups is 1. The van der Waals surface area contributed by atoms with Gasteiger partial charge in [-0.15, -0.1) is 0 Å². The number of fused-ring (bicyclic) bond motifs is 1. The summed E-state index contributed by atoms with van der Waals surface area (Å²) >= 11 is 5.57. The predicted octanol–water partition coefficient (Wildman–Crippen LogP) is 3.98. The summed E-state index contributed by atoms with van der Waals surface area (Å²) in [6.45, 7) is 3.55. The molecule has 1 atom stereocenters. The summed E-state index contributed by atoms with van der Waals surface area (Å²) in [6.07, 6.45) is 5.98. The molecule has 2 aliphatic rings. The summed E-state index contributed by atoms with van der Waals surface area (Å²) in [7, 11) is 0. The summed E-state index contributed by atoms with van der Waals surface area (Å²) in [6, 6.07) is 15.2. The standard InChI is InChI=1S/C21H24N2OS/c25-21(22-15-18-7-4-14-24-18)23-12-10-17(11-13-23)20-9-3-6-16-5-1-2-8-19(16)20/h1-3,5-6,8-10,18H,4,7,11-15H2,(H,22,25)/t18-/m1/s1. The molecule has 4 heteroatoms. The zero-order chi connectivity index (χ0) is 17.1. The molecule has 130 valence electrons. The molecule has 3 nitrogen and oxygen atoms in total. The van der Waals surface area contributed by atoms with Crippen LogP contribution >= 0.6 is 12.2 Å². The molecule has 2 aromatic rings. The minimum absolute atomic E-state index is 0.324. The summed E-state index contributed by atoms with van der Waals surface area (Å²) in [4.78, 5) is 2.25. The van der Waals surface area contributed by atoms with Crippen molar-refractivity contribution in [2.75, 3.05) is 26.2 Å². The lowest BCUT2D eigenvalue weighted by Crippen LogP contribution is -2.44. The highest BCUT2D eigenvalue weighted by atomic mass is 32.1. The lowest BCUT2D eigenvalue weighted by Gasteiger charge is -2.30. The smallest absolute Gasteiger partial charge is 0.169 e. The maximum atomic E-state index is 5.65. The summed E-state index contributed by atoms with van der Waals surface area (Å²) in [5, 5.41) is 6.87. The van der Waals surface area contributed by atoms with Crippen LogP contribution in [0.3, 0.4) is 0 Å². The van der Waals surface area contributed by atoms with E-state index in [9.17, 15) is 0 Å². The first kappa shape index (κ1) is 16.6. The van der Waals surface area contributed by atoms with Crippen molar-refractivity contribution in [1.29, 1.82) is 0 Å². The van der Waals surface area contributed by atoms with E-state index in [1.54, 1.807) is 0 Å². The molecule has 1 N–H and O–H groups in total. The molecule has 0 spiro atoms. The zero-order valence-electron chi connectivity index (χ0n) is 14.4. The van der Waals surface area contributed by atoms with Crippen LogP contribution in [0, 0.1) is 0 Å². The Kier molecular flexibility index (Phi) is 4.99. The SMILES string of the molecule is S=C(NC[C@H]1CCCO1)N1CC=C(c2cccc3ccccc23)CC1. The molecule has 0 unspecified atom stereocenters. The minimum Gasteiger partial charge on any atom is -0.376 e. The van der Waals surface area contributed by atoms with Crippen LogP contribution in [0.2, 0.25) is 0 Å². The van der Waals surface area contributed by atoms with E-state index in [0.29, 0.717) is 6.10 Å². The van der Waals surface area contributed by atoms with E-state index in [1.807, 2.05) is 0 Å². The zero-order valence-corrected chi connectivity index (χ0v) is 15.2. The van der Waals surface area contributed by atoms with Crippen molar-refractivity contribution in [3.8, 4) is 0 Å². The number of benzene rings is 2. The molecule has 2 aromatic carbocycles. The third-order valence-electron chi connectivity index (χ3n) is 5.14. The monoisotopic (exact) mass is 352 g/mol. The molecule has 0 aliphatic carbocycles. The summed E-state index contributed by atoms with van der Waals surface area (Å²) < 4.78 is 5.65. The quantitative estimate of drug-likeness (QED) is 0.845. The first-order valence-corrected chi connectivity index (χ1v) is 9.53. The molecule has 0 bridgehead atoms. The van der Waals surface area contributed by atoms with Crippen molar-refractivity contribution in [2.45, 2.75) is 25.4 Å². The van der Waals surface area contributed by atoms with Crippen molar-refractivity contribution in [3.63, 3.8) is 0 Å². The number of rotatable bonds is 3. The minimum atomic E-state index is 0.324. The Morgan fingerprint density at radius 3 is 2.88 bits per heavy atom. The fourth-order valence-corrected chi connectivity index (χ4v) is 3.97. The van der Waals surface area contributed by atoms with Crippen LogP contribution in [0.15, 0.2) is 48.5 Å². The van der Waals surface area contributed by atoms with Crippen LogP contribution in [-0.2, 0) is 4.74 Å². The molecule has 0 aromatic heterocycles. The van der Waals surface area contributed by atoms with E-state index >= 15 is 0 Å². The molecule has 0 amide bonds. The highest BCUT2D eigenvalue weighted by Gasteiger charge is 2.19. The van der Waals surface area contributed by atoms with Gasteiger partial charge in [-0.2, -0.15) is 0 Å². The fraction of sp³-hybridized carbons (Fsp3) is 0.381. The molecule has 25 heavy (non-hydrogen) atoms. The Morgan fingerprint density at radius 1 is 1.20 bits per heavy atom. The van der Waals surface area contributed by atoms with E-state index < -0.39 is 0 Å². The molecular formula is C21H24N2OS. The van der Waals surface area contributed by atoms with E-state index in [-0.39, 0.29) is 0 Å². The first-order chi connectivity index (χ1) is 12.3. The maximum Gasteiger partial charge on any atom is 0.169 e. The molecule has 1 fully saturated rings. The maximum absolute atomic E-state index is 5.65. The Balaban J connectivity index is 1.42. The van der Waals surface area contributed by atoms with Gasteiger partial charge in [0.05, 0.1) is 6.10 Å². The number of nitrogens with one attached hydrogen (secondary N) is 1. The fourth-order valence-electron chi connectivity index (χ4n) is 3.72. The van der Waals surface area contributed by atoms with Gasteiger partial charge in [0.25, 0.3) is 0 Å². The molecular weight excluding hydrogens is 328 g/mol. The van der Waals surface area contributed by atoms with Gasteiger partial charge in [0.1, 0.15) is 0 Å². The highest BCUT2D eigenvalue weighted by molar-refractivity contribution is 7.80. The highest BCUT2D eigenvalue weighted by Crippen LogP contribution is 2.29. The van der Waals surface area contributed by atoms with Gasteiger partial charge in [-0.1, -0.05) is 48.5 Å². The second kappa shape index (κ2) is 7.54. The average molecular weight is 353 g/mol. The van der Waals surface area contributed by atoms with Crippen molar-refractivity contribution >= 4 is 33.7 Å². The number of nitrogens with zero attached hydrogens (tertiary/aromatic N) is 1. The van der Waals surface area contributed by atoms with Gasteiger partial charge in [0.2, 0.25) is 0 Å². The van der Waals surface area contributed by atoms with Crippen LogP contribution in [0.1, 0.15) is 24.8 Å². The summed E-state index contributed by atoms with van der Waals surface area (Å²) in [5.41, 5.74) is 2.78. The van der Waals surface area contributed by atoms with E-state index in [4.69, 9.17) is 17.0 Å². The first-order valence-electron chi connectivity index (χ1n) is 9.13. The molecule has 4 rings (SSSR count). The van der Waals surface area contributed by atoms with Crippen LogP contribution in [0.25, 0.3) is 16.3 Å². The predicted molar refractivity (Wildman–Crippen MR) is 108 cm³/mol. The van der Waals surface area contributed by atoms with Gasteiger partial charge in [-0.3, -0.25) is 0 Å². The molecule has 2 heterocycles. The van der Waals surface area contributed by atoms with Gasteiger partial charge in [-0.25, -0.2) is 0 Å². The van der Waals surface area contributed by atoms with E-state index in [1.165, 1.54) is 28.3 Å². The van der Waals surface area contributed by atoms with E-state index in [0.717, 1.165) is 44.2 Å². The van der Waals surface area contributed by atoms with Crippen LogP contribution in [-0.4, -0.2) is 42.4 Å². The van der Waals surface area contributed by atoms with E-state index in [2.05, 4.69) is 58.8 Å². The summed E-state index contributed by atoms with van der Waals surface area (Å²) in [5.74, 6) is 0. The molecule has 0 radical (unpaired) electrons. The number of ether oxygens (including phenoxy) is 1.